The quantitative estimate of drug-likeness (QED) is 0.363. The van der Waals surface area contributed by atoms with Gasteiger partial charge in [0.1, 0.15) is 0 Å². The topological polar surface area (TPSA) is 48.9 Å². The Morgan fingerprint density at radius 2 is 2.00 bits per heavy atom. The van der Waals surface area contributed by atoms with E-state index in [0.29, 0.717) is 6.10 Å². The molecule has 1 aliphatic rings. The molecule has 1 fully saturated rings. The Labute approximate surface area is 183 Å². The van der Waals surface area contributed by atoms with Crippen LogP contribution in [-0.4, -0.2) is 43.7 Å². The zero-order valence-corrected chi connectivity index (χ0v) is 19.1. The van der Waals surface area contributed by atoms with Gasteiger partial charge in [-0.3, -0.25) is 9.89 Å². The number of aliphatic imine (C=N–C) groups is 1. The summed E-state index contributed by atoms with van der Waals surface area (Å²) < 4.78 is 5.63. The second kappa shape index (κ2) is 11.6. The highest BCUT2D eigenvalue weighted by Gasteiger charge is 2.16. The van der Waals surface area contributed by atoms with Gasteiger partial charge in [0.05, 0.1) is 12.7 Å². The lowest BCUT2D eigenvalue weighted by molar-refractivity contribution is -0.0212. The van der Waals surface area contributed by atoms with Gasteiger partial charge in [-0.25, -0.2) is 0 Å². The molecule has 2 N–H and O–H groups in total. The van der Waals surface area contributed by atoms with E-state index in [0.717, 1.165) is 45.3 Å². The Kier molecular flexibility index (Phi) is 9.53. The zero-order valence-electron chi connectivity index (χ0n) is 16.0. The normalized spacial score (nSPS) is 18.0. The summed E-state index contributed by atoms with van der Waals surface area (Å²) in [5, 5.41) is 11.0. The molecule has 1 aromatic carbocycles. The van der Waals surface area contributed by atoms with Crippen molar-refractivity contribution in [3.63, 3.8) is 0 Å². The predicted octanol–water partition coefficient (Wildman–Crippen LogP) is 3.45. The summed E-state index contributed by atoms with van der Waals surface area (Å²) in [4.78, 5) is 6.76. The molecule has 0 amide bonds. The van der Waals surface area contributed by atoms with E-state index in [2.05, 4.69) is 68.5 Å². The van der Waals surface area contributed by atoms with Crippen molar-refractivity contribution in [3.05, 3.63) is 57.8 Å². The van der Waals surface area contributed by atoms with Crippen molar-refractivity contribution in [2.24, 2.45) is 4.99 Å². The van der Waals surface area contributed by atoms with E-state index in [4.69, 9.17) is 4.74 Å². The van der Waals surface area contributed by atoms with Crippen LogP contribution in [0.4, 0.5) is 0 Å². The van der Waals surface area contributed by atoms with Crippen LogP contribution in [0.1, 0.15) is 23.6 Å². The summed E-state index contributed by atoms with van der Waals surface area (Å²) >= 11 is 1.71. The second-order valence-electron chi connectivity index (χ2n) is 6.65. The largest absolute Gasteiger partial charge is 0.376 e. The third kappa shape index (κ3) is 7.40. The Hall–Kier alpha value is -1.16. The summed E-state index contributed by atoms with van der Waals surface area (Å²) in [6, 6.07) is 10.9. The first-order valence-electron chi connectivity index (χ1n) is 9.10. The van der Waals surface area contributed by atoms with E-state index in [1.807, 2.05) is 0 Å². The second-order valence-corrected chi connectivity index (χ2v) is 7.43. The van der Waals surface area contributed by atoms with Crippen LogP contribution in [0, 0.1) is 0 Å². The highest BCUT2D eigenvalue weighted by atomic mass is 127. The Morgan fingerprint density at radius 3 is 2.70 bits per heavy atom. The fourth-order valence-corrected chi connectivity index (χ4v) is 3.78. The maximum atomic E-state index is 5.63. The van der Waals surface area contributed by atoms with Crippen LogP contribution >= 0.6 is 35.3 Å². The van der Waals surface area contributed by atoms with E-state index in [1.54, 1.807) is 18.4 Å². The molecule has 2 aromatic rings. The van der Waals surface area contributed by atoms with Crippen molar-refractivity contribution in [2.45, 2.75) is 32.7 Å². The van der Waals surface area contributed by atoms with Crippen LogP contribution in [0.5, 0.6) is 0 Å². The standard InChI is InChI=1S/C20H28N4OS.HI/c1-16-13-24(7-8-25-16)14-18-5-3-4-17(10-18)11-22-20(21-2)23-12-19-6-9-26-15-19;/h3-6,9-10,15-16H,7-8,11-14H2,1-2H3,(H2,21,22,23);1H. The van der Waals surface area contributed by atoms with Crippen molar-refractivity contribution in [1.29, 1.82) is 0 Å². The van der Waals surface area contributed by atoms with Gasteiger partial charge in [-0.15, -0.1) is 24.0 Å². The smallest absolute Gasteiger partial charge is 0.191 e. The third-order valence-electron chi connectivity index (χ3n) is 4.45. The SMILES string of the molecule is CN=C(NCc1ccsc1)NCc1cccc(CN2CCOC(C)C2)c1.I. The van der Waals surface area contributed by atoms with Gasteiger partial charge in [0.15, 0.2) is 5.96 Å². The first-order chi connectivity index (χ1) is 12.7. The highest BCUT2D eigenvalue weighted by Crippen LogP contribution is 2.12. The molecule has 0 aliphatic carbocycles. The molecule has 1 unspecified atom stereocenters. The number of ether oxygens (including phenoxy) is 1. The lowest BCUT2D eigenvalue weighted by Gasteiger charge is -2.31. The van der Waals surface area contributed by atoms with Crippen molar-refractivity contribution < 1.29 is 4.74 Å². The van der Waals surface area contributed by atoms with Crippen LogP contribution < -0.4 is 10.6 Å². The van der Waals surface area contributed by atoms with Gasteiger partial charge in [0.2, 0.25) is 0 Å². The van der Waals surface area contributed by atoms with Gasteiger partial charge in [-0.2, -0.15) is 11.3 Å². The number of hydrogen-bond donors (Lipinski definition) is 2. The predicted molar refractivity (Wildman–Crippen MR) is 124 cm³/mol. The summed E-state index contributed by atoms with van der Waals surface area (Å²) in [7, 11) is 1.80. The Morgan fingerprint density at radius 1 is 1.22 bits per heavy atom. The number of thiophene rings is 1. The number of guanidine groups is 1. The van der Waals surface area contributed by atoms with Crippen LogP contribution in [0.3, 0.4) is 0 Å². The number of rotatable bonds is 6. The van der Waals surface area contributed by atoms with Gasteiger partial charge in [-0.1, -0.05) is 24.3 Å². The van der Waals surface area contributed by atoms with E-state index in [1.165, 1.54) is 16.7 Å². The van der Waals surface area contributed by atoms with Gasteiger partial charge in [-0.05, 0) is 40.4 Å². The third-order valence-corrected chi connectivity index (χ3v) is 5.18. The maximum absolute atomic E-state index is 5.63. The minimum absolute atomic E-state index is 0. The fraction of sp³-hybridized carbons (Fsp3) is 0.450. The van der Waals surface area contributed by atoms with Gasteiger partial charge < -0.3 is 15.4 Å². The van der Waals surface area contributed by atoms with Gasteiger partial charge in [0, 0.05) is 39.8 Å². The minimum Gasteiger partial charge on any atom is -0.376 e. The summed E-state index contributed by atoms with van der Waals surface area (Å²) in [6.07, 6.45) is 0.325. The van der Waals surface area contributed by atoms with E-state index < -0.39 is 0 Å². The van der Waals surface area contributed by atoms with Gasteiger partial charge >= 0.3 is 0 Å². The van der Waals surface area contributed by atoms with Crippen LogP contribution in [0.2, 0.25) is 0 Å². The summed E-state index contributed by atoms with van der Waals surface area (Å²) in [5.41, 5.74) is 3.89. The zero-order chi connectivity index (χ0) is 18.2. The number of nitrogens with one attached hydrogen (secondary N) is 2. The van der Waals surface area contributed by atoms with Gasteiger partial charge in [0.25, 0.3) is 0 Å². The molecule has 0 saturated carbocycles. The monoisotopic (exact) mass is 500 g/mol. The molecule has 1 atom stereocenters. The molecule has 7 heteroatoms. The van der Waals surface area contributed by atoms with Crippen molar-refractivity contribution in [1.82, 2.24) is 15.5 Å². The minimum atomic E-state index is 0. The highest BCUT2D eigenvalue weighted by molar-refractivity contribution is 14.0. The molecule has 0 bridgehead atoms. The fourth-order valence-electron chi connectivity index (χ4n) is 3.12. The molecule has 27 heavy (non-hydrogen) atoms. The maximum Gasteiger partial charge on any atom is 0.191 e. The van der Waals surface area contributed by atoms with Crippen LogP contribution in [0.15, 0.2) is 46.1 Å². The summed E-state index contributed by atoms with van der Waals surface area (Å²) in [6.45, 7) is 7.51. The average Bonchev–Trinajstić information content (AvgIpc) is 3.16. The molecule has 3 rings (SSSR count). The number of hydrogen-bond acceptors (Lipinski definition) is 4. The van der Waals surface area contributed by atoms with Crippen molar-refractivity contribution in [2.75, 3.05) is 26.7 Å². The number of benzene rings is 1. The Bertz CT molecular complexity index is 708. The molecule has 2 heterocycles. The molecular formula is C20H29IN4OS. The van der Waals surface area contributed by atoms with Crippen molar-refractivity contribution >= 4 is 41.3 Å². The molecule has 0 radical (unpaired) electrons. The first kappa shape index (κ1) is 22.1. The average molecular weight is 500 g/mol. The molecule has 5 nitrogen and oxygen atoms in total. The lowest BCUT2D eigenvalue weighted by Crippen LogP contribution is -2.40. The molecule has 1 aliphatic heterocycles. The molecular weight excluding hydrogens is 471 g/mol. The number of morpholine rings is 1. The van der Waals surface area contributed by atoms with Crippen LogP contribution in [0.25, 0.3) is 0 Å². The van der Waals surface area contributed by atoms with Crippen LogP contribution in [-0.2, 0) is 24.4 Å². The van der Waals surface area contributed by atoms with E-state index in [-0.39, 0.29) is 24.0 Å². The summed E-state index contributed by atoms with van der Waals surface area (Å²) in [5.74, 6) is 0.823. The van der Waals surface area contributed by atoms with E-state index in [9.17, 15) is 0 Å². The molecule has 1 saturated heterocycles. The number of halogens is 1. The number of nitrogens with zero attached hydrogens (tertiary/aromatic N) is 2. The lowest BCUT2D eigenvalue weighted by atomic mass is 10.1. The molecule has 148 valence electrons. The molecule has 0 spiro atoms. The molecule has 1 aromatic heterocycles. The van der Waals surface area contributed by atoms with E-state index >= 15 is 0 Å². The Balaban J connectivity index is 0.00000261. The first-order valence-corrected chi connectivity index (χ1v) is 10.0. The van der Waals surface area contributed by atoms with Crippen molar-refractivity contribution in [3.8, 4) is 0 Å².